The van der Waals surface area contributed by atoms with Gasteiger partial charge in [-0.3, -0.25) is 4.98 Å². The first kappa shape index (κ1) is 9.94. The second kappa shape index (κ2) is 3.52. The fourth-order valence-corrected chi connectivity index (χ4v) is 2.23. The SMILES string of the molecule is Cc1nc2c(C)cccc2c(Br)c1Cl. The lowest BCUT2D eigenvalue weighted by Crippen LogP contribution is -1.89. The molecule has 2 rings (SSSR count). The van der Waals surface area contributed by atoms with Gasteiger partial charge in [0.2, 0.25) is 0 Å². The number of halogens is 2. The summed E-state index contributed by atoms with van der Waals surface area (Å²) in [4.78, 5) is 4.47. The molecule has 0 spiro atoms. The first-order chi connectivity index (χ1) is 6.61. The van der Waals surface area contributed by atoms with Crippen LogP contribution in [0.5, 0.6) is 0 Å². The zero-order valence-corrected chi connectivity index (χ0v) is 10.3. The molecule has 0 aliphatic carbocycles. The Kier molecular flexibility index (Phi) is 2.50. The van der Waals surface area contributed by atoms with E-state index >= 15 is 0 Å². The van der Waals surface area contributed by atoms with Crippen molar-refractivity contribution in [2.24, 2.45) is 0 Å². The van der Waals surface area contributed by atoms with E-state index in [1.54, 1.807) is 0 Å². The quantitative estimate of drug-likeness (QED) is 0.697. The van der Waals surface area contributed by atoms with Crippen LogP contribution in [0.1, 0.15) is 11.3 Å². The predicted octanol–water partition coefficient (Wildman–Crippen LogP) is 4.27. The van der Waals surface area contributed by atoms with E-state index in [-0.39, 0.29) is 0 Å². The van der Waals surface area contributed by atoms with Gasteiger partial charge in [-0.15, -0.1) is 0 Å². The molecule has 0 unspecified atom stereocenters. The van der Waals surface area contributed by atoms with Gasteiger partial charge in [0.15, 0.2) is 0 Å². The third-order valence-electron chi connectivity index (χ3n) is 2.26. The highest BCUT2D eigenvalue weighted by atomic mass is 79.9. The van der Waals surface area contributed by atoms with Crippen LogP contribution in [0.3, 0.4) is 0 Å². The van der Waals surface area contributed by atoms with Crippen molar-refractivity contribution in [1.82, 2.24) is 4.98 Å². The molecule has 2 aromatic rings. The minimum atomic E-state index is 0.697. The molecule has 3 heteroatoms. The Balaban J connectivity index is 2.98. The van der Waals surface area contributed by atoms with E-state index in [4.69, 9.17) is 11.6 Å². The summed E-state index contributed by atoms with van der Waals surface area (Å²) in [6.07, 6.45) is 0. The van der Waals surface area contributed by atoms with Gasteiger partial charge in [0.05, 0.1) is 16.2 Å². The summed E-state index contributed by atoms with van der Waals surface area (Å²) in [5.41, 5.74) is 3.05. The van der Waals surface area contributed by atoms with Crippen molar-refractivity contribution >= 4 is 38.4 Å². The molecule has 0 aliphatic rings. The fraction of sp³-hybridized carbons (Fsp3) is 0.182. The van der Waals surface area contributed by atoms with Crippen LogP contribution in [0.25, 0.3) is 10.9 Å². The standard InChI is InChI=1S/C11H9BrClN/c1-6-4-3-5-8-9(12)10(13)7(2)14-11(6)8/h3-5H,1-2H3. The number of aryl methyl sites for hydroxylation is 2. The van der Waals surface area contributed by atoms with Gasteiger partial charge in [-0.1, -0.05) is 29.8 Å². The van der Waals surface area contributed by atoms with E-state index < -0.39 is 0 Å². The molecule has 0 radical (unpaired) electrons. The average Bonchev–Trinajstić information content (AvgIpc) is 2.17. The van der Waals surface area contributed by atoms with E-state index in [0.29, 0.717) is 5.02 Å². The van der Waals surface area contributed by atoms with E-state index in [1.165, 1.54) is 5.56 Å². The molecule has 0 saturated carbocycles. The van der Waals surface area contributed by atoms with E-state index in [2.05, 4.69) is 33.9 Å². The first-order valence-electron chi connectivity index (χ1n) is 4.32. The number of para-hydroxylation sites is 1. The van der Waals surface area contributed by atoms with Gasteiger partial charge in [-0.05, 0) is 35.3 Å². The van der Waals surface area contributed by atoms with Gasteiger partial charge in [-0.25, -0.2) is 0 Å². The molecule has 0 atom stereocenters. The Hall–Kier alpha value is -0.600. The summed E-state index contributed by atoms with van der Waals surface area (Å²) < 4.78 is 0.936. The molecular weight excluding hydrogens is 261 g/mol. The summed E-state index contributed by atoms with van der Waals surface area (Å²) in [6.45, 7) is 3.97. The molecule has 0 N–H and O–H groups in total. The Morgan fingerprint density at radius 2 is 2.00 bits per heavy atom. The van der Waals surface area contributed by atoms with E-state index in [1.807, 2.05) is 19.1 Å². The molecule has 72 valence electrons. The molecule has 1 nitrogen and oxygen atoms in total. The normalized spacial score (nSPS) is 10.9. The number of benzene rings is 1. The highest BCUT2D eigenvalue weighted by Gasteiger charge is 2.09. The summed E-state index contributed by atoms with van der Waals surface area (Å²) in [6, 6.07) is 6.08. The summed E-state index contributed by atoms with van der Waals surface area (Å²) in [7, 11) is 0. The van der Waals surface area contributed by atoms with Crippen LogP contribution in [0, 0.1) is 13.8 Å². The molecule has 1 heterocycles. The number of fused-ring (bicyclic) bond motifs is 1. The van der Waals surface area contributed by atoms with Crippen molar-refractivity contribution in [3.8, 4) is 0 Å². The van der Waals surface area contributed by atoms with Crippen molar-refractivity contribution in [1.29, 1.82) is 0 Å². The smallest absolute Gasteiger partial charge is 0.0767 e. The number of pyridine rings is 1. The van der Waals surface area contributed by atoms with Crippen molar-refractivity contribution < 1.29 is 0 Å². The van der Waals surface area contributed by atoms with Crippen LogP contribution in [0.4, 0.5) is 0 Å². The van der Waals surface area contributed by atoms with E-state index in [9.17, 15) is 0 Å². The third-order valence-corrected chi connectivity index (χ3v) is 3.78. The Labute approximate surface area is 96.2 Å². The molecule has 1 aromatic heterocycles. The van der Waals surface area contributed by atoms with Crippen molar-refractivity contribution in [3.05, 3.63) is 39.0 Å². The lowest BCUT2D eigenvalue weighted by atomic mass is 10.1. The highest BCUT2D eigenvalue weighted by molar-refractivity contribution is 9.10. The van der Waals surface area contributed by atoms with Crippen LogP contribution in [0.15, 0.2) is 22.7 Å². The Morgan fingerprint density at radius 3 is 2.71 bits per heavy atom. The Bertz CT molecular complexity index is 508. The fourth-order valence-electron chi connectivity index (χ4n) is 1.48. The number of hydrogen-bond acceptors (Lipinski definition) is 1. The van der Waals surface area contributed by atoms with Crippen molar-refractivity contribution in [2.75, 3.05) is 0 Å². The average molecular weight is 271 g/mol. The van der Waals surface area contributed by atoms with Gasteiger partial charge in [0, 0.05) is 9.86 Å². The molecule has 0 amide bonds. The minimum Gasteiger partial charge on any atom is -0.251 e. The zero-order chi connectivity index (χ0) is 10.3. The van der Waals surface area contributed by atoms with Crippen LogP contribution in [-0.2, 0) is 0 Å². The first-order valence-corrected chi connectivity index (χ1v) is 5.49. The molecule has 0 fully saturated rings. The van der Waals surface area contributed by atoms with Crippen LogP contribution >= 0.6 is 27.5 Å². The van der Waals surface area contributed by atoms with Gasteiger partial charge in [0.1, 0.15) is 0 Å². The molecule has 0 bridgehead atoms. The molecule has 0 saturated heterocycles. The number of rotatable bonds is 0. The van der Waals surface area contributed by atoms with Crippen LogP contribution in [-0.4, -0.2) is 4.98 Å². The van der Waals surface area contributed by atoms with Crippen molar-refractivity contribution in [2.45, 2.75) is 13.8 Å². The number of nitrogens with zero attached hydrogens (tertiary/aromatic N) is 1. The predicted molar refractivity (Wildman–Crippen MR) is 63.9 cm³/mol. The summed E-state index contributed by atoms with van der Waals surface area (Å²) >= 11 is 9.59. The topological polar surface area (TPSA) is 12.9 Å². The molecule has 1 aromatic carbocycles. The third kappa shape index (κ3) is 1.43. The Morgan fingerprint density at radius 1 is 1.29 bits per heavy atom. The monoisotopic (exact) mass is 269 g/mol. The van der Waals surface area contributed by atoms with Crippen LogP contribution < -0.4 is 0 Å². The maximum atomic E-state index is 6.10. The van der Waals surface area contributed by atoms with Gasteiger partial charge < -0.3 is 0 Å². The molecule has 0 aliphatic heterocycles. The minimum absolute atomic E-state index is 0.697. The zero-order valence-electron chi connectivity index (χ0n) is 7.94. The molecular formula is C11H9BrClN. The van der Waals surface area contributed by atoms with Crippen LogP contribution in [0.2, 0.25) is 5.02 Å². The van der Waals surface area contributed by atoms with Gasteiger partial charge in [-0.2, -0.15) is 0 Å². The van der Waals surface area contributed by atoms with Crippen molar-refractivity contribution in [3.63, 3.8) is 0 Å². The second-order valence-corrected chi connectivity index (χ2v) is 4.47. The van der Waals surface area contributed by atoms with E-state index in [0.717, 1.165) is 21.1 Å². The maximum Gasteiger partial charge on any atom is 0.0767 e. The summed E-state index contributed by atoms with van der Waals surface area (Å²) in [5.74, 6) is 0. The maximum absolute atomic E-state index is 6.10. The molecule has 14 heavy (non-hydrogen) atoms. The largest absolute Gasteiger partial charge is 0.251 e. The van der Waals surface area contributed by atoms with Gasteiger partial charge >= 0.3 is 0 Å². The lowest BCUT2D eigenvalue weighted by molar-refractivity contribution is 1.23. The lowest BCUT2D eigenvalue weighted by Gasteiger charge is -2.07. The second-order valence-electron chi connectivity index (χ2n) is 3.30. The highest BCUT2D eigenvalue weighted by Crippen LogP contribution is 2.32. The number of aromatic nitrogens is 1. The summed E-state index contributed by atoms with van der Waals surface area (Å²) in [5, 5.41) is 1.77. The number of hydrogen-bond donors (Lipinski definition) is 0. The van der Waals surface area contributed by atoms with Gasteiger partial charge in [0.25, 0.3) is 0 Å².